The van der Waals surface area contributed by atoms with Gasteiger partial charge in [-0.1, -0.05) is 41.6 Å². The van der Waals surface area contributed by atoms with Gasteiger partial charge in [0.1, 0.15) is 5.75 Å². The van der Waals surface area contributed by atoms with Crippen LogP contribution in [0, 0.1) is 0 Å². The summed E-state index contributed by atoms with van der Waals surface area (Å²) in [5.74, 6) is -3.10. The van der Waals surface area contributed by atoms with Gasteiger partial charge in [0.2, 0.25) is 0 Å². The number of hydrogen-bond donors (Lipinski definition) is 2. The van der Waals surface area contributed by atoms with Crippen LogP contribution in [0.2, 0.25) is 0 Å². The van der Waals surface area contributed by atoms with Gasteiger partial charge in [-0.25, -0.2) is 0 Å². The highest BCUT2D eigenvalue weighted by Gasteiger charge is 2.60. The molecule has 0 aromatic heterocycles. The normalized spacial score (nSPS) is 18.9. The average molecular weight is 394 g/mol. The van der Waals surface area contributed by atoms with Crippen molar-refractivity contribution in [1.29, 1.82) is 0 Å². The molecule has 1 atom stereocenters. The fourth-order valence-electron chi connectivity index (χ4n) is 2.51. The molecular formula is C19H17F3N2O4. The van der Waals surface area contributed by atoms with E-state index in [-0.39, 0.29) is 24.8 Å². The van der Waals surface area contributed by atoms with Crippen LogP contribution in [0.4, 0.5) is 13.2 Å². The largest absolute Gasteiger partial charge is 0.484 e. The summed E-state index contributed by atoms with van der Waals surface area (Å²) < 4.78 is 43.8. The number of alkyl halides is 3. The quantitative estimate of drug-likeness (QED) is 0.790. The second kappa shape index (κ2) is 7.89. The van der Waals surface area contributed by atoms with Crippen molar-refractivity contribution in [1.82, 2.24) is 5.32 Å². The van der Waals surface area contributed by atoms with Crippen LogP contribution in [0.25, 0.3) is 0 Å². The maximum Gasteiger partial charge on any atom is 0.458 e. The zero-order valence-electron chi connectivity index (χ0n) is 14.6. The molecule has 1 unspecified atom stereocenters. The lowest BCUT2D eigenvalue weighted by atomic mass is 10.0. The van der Waals surface area contributed by atoms with Gasteiger partial charge >= 0.3 is 12.0 Å². The van der Waals surface area contributed by atoms with E-state index >= 15 is 0 Å². The van der Waals surface area contributed by atoms with E-state index in [1.807, 2.05) is 6.07 Å². The Kier molecular flexibility index (Phi) is 5.55. The molecule has 0 aliphatic carbocycles. The van der Waals surface area contributed by atoms with E-state index in [2.05, 4.69) is 15.3 Å². The van der Waals surface area contributed by atoms with Crippen molar-refractivity contribution >= 4 is 11.6 Å². The summed E-state index contributed by atoms with van der Waals surface area (Å²) >= 11 is 0. The Morgan fingerprint density at radius 2 is 1.96 bits per heavy atom. The molecule has 0 saturated heterocycles. The predicted molar refractivity (Wildman–Crippen MR) is 93.5 cm³/mol. The number of halogens is 3. The van der Waals surface area contributed by atoms with E-state index in [0.29, 0.717) is 16.9 Å². The number of benzene rings is 2. The number of aliphatic hydroxyl groups is 1. The lowest BCUT2D eigenvalue weighted by Crippen LogP contribution is -2.45. The summed E-state index contributed by atoms with van der Waals surface area (Å²) in [6.07, 6.45) is -5.76. The number of carbonyl (C=O) groups excluding carboxylic acids is 1. The topological polar surface area (TPSA) is 80.2 Å². The first kappa shape index (κ1) is 19.7. The number of hydrogen-bond acceptors (Lipinski definition) is 5. The van der Waals surface area contributed by atoms with E-state index in [4.69, 9.17) is 4.74 Å². The number of nitrogens with zero attached hydrogens (tertiary/aromatic N) is 1. The Balaban J connectivity index is 1.55. The SMILES string of the molecule is O=C(COc1ccccc1)NCc1cccc(C2=NOC(O)(C(F)(F)F)C2)c1. The highest BCUT2D eigenvalue weighted by atomic mass is 19.4. The standard InChI is InChI=1S/C19H17F3N2O4/c20-19(21,22)18(26)10-16(24-28-18)14-6-4-5-13(9-14)11-23-17(25)12-27-15-7-2-1-3-8-15/h1-9,26H,10-12H2,(H,23,25). The highest BCUT2D eigenvalue weighted by molar-refractivity contribution is 6.01. The van der Waals surface area contributed by atoms with Crippen LogP contribution >= 0.6 is 0 Å². The highest BCUT2D eigenvalue weighted by Crippen LogP contribution is 2.38. The van der Waals surface area contributed by atoms with E-state index in [9.17, 15) is 23.1 Å². The lowest BCUT2D eigenvalue weighted by Gasteiger charge is -2.22. The van der Waals surface area contributed by atoms with Gasteiger partial charge in [-0.15, -0.1) is 0 Å². The van der Waals surface area contributed by atoms with Crippen LogP contribution < -0.4 is 10.1 Å². The van der Waals surface area contributed by atoms with E-state index in [1.54, 1.807) is 48.5 Å². The van der Waals surface area contributed by atoms with Crippen molar-refractivity contribution < 1.29 is 32.6 Å². The molecule has 0 radical (unpaired) electrons. The number of amides is 1. The minimum Gasteiger partial charge on any atom is -0.484 e. The number of oxime groups is 1. The van der Waals surface area contributed by atoms with Gasteiger partial charge in [-0.3, -0.25) is 4.79 Å². The van der Waals surface area contributed by atoms with E-state index < -0.39 is 18.4 Å². The van der Waals surface area contributed by atoms with Gasteiger partial charge in [0.15, 0.2) is 6.61 Å². The van der Waals surface area contributed by atoms with Gasteiger partial charge in [-0.05, 0) is 29.3 Å². The van der Waals surface area contributed by atoms with E-state index in [1.165, 1.54) is 0 Å². The molecule has 1 heterocycles. The Labute approximate surface area is 158 Å². The Morgan fingerprint density at radius 3 is 2.64 bits per heavy atom. The number of para-hydroxylation sites is 1. The maximum atomic E-state index is 12.8. The molecule has 28 heavy (non-hydrogen) atoms. The maximum absolute atomic E-state index is 12.8. The average Bonchev–Trinajstić information content (AvgIpc) is 3.09. The molecule has 3 rings (SSSR count). The summed E-state index contributed by atoms with van der Waals surface area (Å²) in [4.78, 5) is 16.1. The minimum absolute atomic E-state index is 0.0274. The summed E-state index contributed by atoms with van der Waals surface area (Å²) in [6, 6.07) is 15.3. The molecule has 148 valence electrons. The van der Waals surface area contributed by atoms with E-state index in [0.717, 1.165) is 0 Å². The smallest absolute Gasteiger partial charge is 0.458 e. The molecule has 1 aliphatic heterocycles. The zero-order valence-corrected chi connectivity index (χ0v) is 14.6. The number of nitrogens with one attached hydrogen (secondary N) is 1. The molecule has 0 fully saturated rings. The number of rotatable bonds is 6. The summed E-state index contributed by atoms with van der Waals surface area (Å²) in [6.45, 7) is -0.00857. The molecule has 1 aliphatic rings. The monoisotopic (exact) mass is 394 g/mol. The van der Waals surface area contributed by atoms with Crippen LogP contribution in [-0.2, 0) is 16.2 Å². The molecule has 9 heteroatoms. The molecule has 2 N–H and O–H groups in total. The van der Waals surface area contributed by atoms with Crippen LogP contribution in [-0.4, -0.2) is 35.3 Å². The Morgan fingerprint density at radius 1 is 1.21 bits per heavy atom. The van der Waals surface area contributed by atoms with Crippen molar-refractivity contribution in [2.24, 2.45) is 5.16 Å². The first-order valence-corrected chi connectivity index (χ1v) is 8.35. The predicted octanol–water partition coefficient (Wildman–Crippen LogP) is 2.76. The van der Waals surface area contributed by atoms with Crippen molar-refractivity contribution in [3.8, 4) is 5.75 Å². The van der Waals surface area contributed by atoms with Gasteiger partial charge in [-0.2, -0.15) is 13.2 Å². The van der Waals surface area contributed by atoms with Crippen molar-refractivity contribution in [3.05, 3.63) is 65.7 Å². The Bertz CT molecular complexity index is 871. The molecule has 0 spiro atoms. The third kappa shape index (κ3) is 4.61. The summed E-state index contributed by atoms with van der Waals surface area (Å²) in [7, 11) is 0. The van der Waals surface area contributed by atoms with Gasteiger partial charge in [0.05, 0.1) is 12.1 Å². The number of ether oxygens (including phenoxy) is 1. The van der Waals surface area contributed by atoms with Crippen molar-refractivity contribution in [2.75, 3.05) is 6.61 Å². The van der Waals surface area contributed by atoms with Crippen LogP contribution in [0.1, 0.15) is 17.5 Å². The first-order chi connectivity index (χ1) is 13.3. The fourth-order valence-corrected chi connectivity index (χ4v) is 2.51. The molecular weight excluding hydrogens is 377 g/mol. The molecule has 1 amide bonds. The number of carbonyl (C=O) groups is 1. The third-order valence-electron chi connectivity index (χ3n) is 4.02. The summed E-state index contributed by atoms with van der Waals surface area (Å²) in [5, 5.41) is 15.6. The molecule has 0 bridgehead atoms. The van der Waals surface area contributed by atoms with Gasteiger partial charge < -0.3 is 20.0 Å². The van der Waals surface area contributed by atoms with Crippen LogP contribution in [0.5, 0.6) is 5.75 Å². The summed E-state index contributed by atoms with van der Waals surface area (Å²) in [5.41, 5.74) is 0.989. The Hall–Kier alpha value is -3.07. The zero-order chi connectivity index (χ0) is 20.2. The third-order valence-corrected chi connectivity index (χ3v) is 4.02. The second-order valence-corrected chi connectivity index (χ2v) is 6.17. The minimum atomic E-state index is -4.96. The molecule has 2 aromatic rings. The molecule has 6 nitrogen and oxygen atoms in total. The van der Waals surface area contributed by atoms with Crippen molar-refractivity contribution in [3.63, 3.8) is 0 Å². The van der Waals surface area contributed by atoms with Gasteiger partial charge in [0, 0.05) is 6.54 Å². The van der Waals surface area contributed by atoms with Gasteiger partial charge in [0.25, 0.3) is 5.91 Å². The molecule has 0 saturated carbocycles. The van der Waals surface area contributed by atoms with Crippen LogP contribution in [0.15, 0.2) is 59.8 Å². The second-order valence-electron chi connectivity index (χ2n) is 6.17. The van der Waals surface area contributed by atoms with Crippen molar-refractivity contribution in [2.45, 2.75) is 24.9 Å². The first-order valence-electron chi connectivity index (χ1n) is 8.35. The fraction of sp³-hybridized carbons (Fsp3) is 0.263. The lowest BCUT2D eigenvalue weighted by molar-refractivity contribution is -0.355. The van der Waals surface area contributed by atoms with Crippen LogP contribution in [0.3, 0.4) is 0 Å². The molecule has 2 aromatic carbocycles.